The zero-order valence-electron chi connectivity index (χ0n) is 12.2. The number of fused-ring (bicyclic) bond motifs is 1. The Morgan fingerprint density at radius 1 is 1.14 bits per heavy atom. The second-order valence-corrected chi connectivity index (χ2v) is 6.74. The zero-order chi connectivity index (χ0) is 14.8. The minimum atomic E-state index is 0.253. The van der Waals surface area contributed by atoms with Crippen LogP contribution in [0.5, 0.6) is 5.75 Å². The first-order valence-corrected chi connectivity index (χ1v) is 8.36. The van der Waals surface area contributed by atoms with Gasteiger partial charge in [0.15, 0.2) is 0 Å². The Labute approximate surface area is 135 Å². The number of ether oxygens (including phenoxy) is 2. The molecular weight excluding hydrogens is 309 g/mol. The highest BCUT2D eigenvalue weighted by molar-refractivity contribution is 6.35. The molecule has 2 aliphatic rings. The third kappa shape index (κ3) is 3.48. The molecule has 1 fully saturated rings. The summed E-state index contributed by atoms with van der Waals surface area (Å²) in [5, 5.41) is 5.01. The second kappa shape index (κ2) is 6.74. The van der Waals surface area contributed by atoms with Gasteiger partial charge in [0.25, 0.3) is 0 Å². The summed E-state index contributed by atoms with van der Waals surface area (Å²) in [6.45, 7) is 4.70. The standard InChI is InChI=1S/C16H21Cl2NO2/c1-10(11-2-5-20-6-3-11)19-15-4-7-21-16-13(15)8-12(17)9-14(16)18/h8-11,15,19H,2-7H2,1H3. The lowest BCUT2D eigenvalue weighted by atomic mass is 9.91. The maximum atomic E-state index is 6.24. The topological polar surface area (TPSA) is 30.5 Å². The maximum absolute atomic E-state index is 6.24. The SMILES string of the molecule is CC(NC1CCOc2c(Cl)cc(Cl)cc21)C1CCOCC1. The van der Waals surface area contributed by atoms with Crippen LogP contribution in [-0.4, -0.2) is 25.9 Å². The van der Waals surface area contributed by atoms with E-state index in [4.69, 9.17) is 32.7 Å². The molecular formula is C16H21Cl2NO2. The van der Waals surface area contributed by atoms with Crippen molar-refractivity contribution in [3.63, 3.8) is 0 Å². The lowest BCUT2D eigenvalue weighted by Crippen LogP contribution is -2.40. The van der Waals surface area contributed by atoms with E-state index in [9.17, 15) is 0 Å². The summed E-state index contributed by atoms with van der Waals surface area (Å²) in [7, 11) is 0. The van der Waals surface area contributed by atoms with E-state index in [2.05, 4.69) is 12.2 Å². The van der Waals surface area contributed by atoms with E-state index in [1.54, 1.807) is 6.07 Å². The van der Waals surface area contributed by atoms with Crippen molar-refractivity contribution in [1.82, 2.24) is 5.32 Å². The molecule has 1 N–H and O–H groups in total. The van der Waals surface area contributed by atoms with Crippen molar-refractivity contribution in [1.29, 1.82) is 0 Å². The molecule has 0 saturated carbocycles. The van der Waals surface area contributed by atoms with E-state index in [-0.39, 0.29) is 6.04 Å². The van der Waals surface area contributed by atoms with Gasteiger partial charge in [-0.1, -0.05) is 23.2 Å². The predicted octanol–water partition coefficient (Wildman–Crippen LogP) is 4.22. The van der Waals surface area contributed by atoms with Gasteiger partial charge in [-0.2, -0.15) is 0 Å². The molecule has 1 saturated heterocycles. The number of halogens is 2. The normalized spacial score (nSPS) is 24.2. The average Bonchev–Trinajstić information content (AvgIpc) is 2.49. The largest absolute Gasteiger partial charge is 0.492 e. The molecule has 5 heteroatoms. The first kappa shape index (κ1) is 15.4. The molecule has 2 unspecified atom stereocenters. The minimum absolute atomic E-state index is 0.253. The number of benzene rings is 1. The van der Waals surface area contributed by atoms with Crippen molar-refractivity contribution in [3.05, 3.63) is 27.7 Å². The van der Waals surface area contributed by atoms with Crippen molar-refractivity contribution in [2.45, 2.75) is 38.3 Å². The molecule has 1 aromatic carbocycles. The molecule has 0 radical (unpaired) electrons. The van der Waals surface area contributed by atoms with Gasteiger partial charge in [-0.3, -0.25) is 0 Å². The van der Waals surface area contributed by atoms with Crippen molar-refractivity contribution < 1.29 is 9.47 Å². The number of hydrogen-bond acceptors (Lipinski definition) is 3. The monoisotopic (exact) mass is 329 g/mol. The van der Waals surface area contributed by atoms with Crippen LogP contribution < -0.4 is 10.1 Å². The van der Waals surface area contributed by atoms with Crippen molar-refractivity contribution in [2.75, 3.05) is 19.8 Å². The Morgan fingerprint density at radius 2 is 1.90 bits per heavy atom. The lowest BCUT2D eigenvalue weighted by Gasteiger charge is -2.34. The van der Waals surface area contributed by atoms with Crippen LogP contribution in [0, 0.1) is 5.92 Å². The molecule has 0 bridgehead atoms. The Bertz CT molecular complexity index is 503. The van der Waals surface area contributed by atoms with Gasteiger partial charge in [0, 0.05) is 42.3 Å². The van der Waals surface area contributed by atoms with Gasteiger partial charge in [0.1, 0.15) is 5.75 Å². The summed E-state index contributed by atoms with van der Waals surface area (Å²) in [4.78, 5) is 0. The summed E-state index contributed by atoms with van der Waals surface area (Å²) < 4.78 is 11.2. The molecule has 0 spiro atoms. The Balaban J connectivity index is 1.75. The summed E-state index contributed by atoms with van der Waals surface area (Å²) in [5.74, 6) is 1.45. The highest BCUT2D eigenvalue weighted by atomic mass is 35.5. The molecule has 2 heterocycles. The molecule has 0 amide bonds. The number of nitrogens with one attached hydrogen (secondary N) is 1. The van der Waals surface area contributed by atoms with Gasteiger partial charge in [0.2, 0.25) is 0 Å². The predicted molar refractivity (Wildman–Crippen MR) is 85.5 cm³/mol. The lowest BCUT2D eigenvalue weighted by molar-refractivity contribution is 0.0534. The second-order valence-electron chi connectivity index (χ2n) is 5.90. The van der Waals surface area contributed by atoms with Gasteiger partial charge in [-0.25, -0.2) is 0 Å². The molecule has 3 nitrogen and oxygen atoms in total. The van der Waals surface area contributed by atoms with Crippen LogP contribution in [-0.2, 0) is 4.74 Å². The fourth-order valence-electron chi connectivity index (χ4n) is 3.27. The van der Waals surface area contributed by atoms with Gasteiger partial charge in [-0.05, 0) is 37.8 Å². The van der Waals surface area contributed by atoms with Crippen LogP contribution in [0.3, 0.4) is 0 Å². The van der Waals surface area contributed by atoms with Crippen LogP contribution in [0.2, 0.25) is 10.0 Å². The van der Waals surface area contributed by atoms with E-state index < -0.39 is 0 Å². The maximum Gasteiger partial charge on any atom is 0.142 e. The first-order chi connectivity index (χ1) is 10.1. The van der Waals surface area contributed by atoms with Crippen LogP contribution in [0.15, 0.2) is 12.1 Å². The molecule has 2 aliphatic heterocycles. The quantitative estimate of drug-likeness (QED) is 0.900. The average molecular weight is 330 g/mol. The van der Waals surface area contributed by atoms with Crippen molar-refractivity contribution >= 4 is 23.2 Å². The van der Waals surface area contributed by atoms with Crippen LogP contribution in [0.4, 0.5) is 0 Å². The van der Waals surface area contributed by atoms with Gasteiger partial charge >= 0.3 is 0 Å². The number of hydrogen-bond donors (Lipinski definition) is 1. The summed E-state index contributed by atoms with van der Waals surface area (Å²) in [6, 6.07) is 4.41. The van der Waals surface area contributed by atoms with Gasteiger partial charge in [-0.15, -0.1) is 0 Å². The third-order valence-corrected chi connectivity index (χ3v) is 5.00. The minimum Gasteiger partial charge on any atom is -0.492 e. The molecule has 116 valence electrons. The van der Waals surface area contributed by atoms with Gasteiger partial charge < -0.3 is 14.8 Å². The third-order valence-electron chi connectivity index (χ3n) is 4.50. The van der Waals surface area contributed by atoms with E-state index in [1.165, 1.54) is 0 Å². The Morgan fingerprint density at radius 3 is 2.67 bits per heavy atom. The fourth-order valence-corrected chi connectivity index (χ4v) is 3.83. The highest BCUT2D eigenvalue weighted by Crippen LogP contribution is 2.40. The van der Waals surface area contributed by atoms with E-state index in [1.807, 2.05) is 6.07 Å². The molecule has 0 aromatic heterocycles. The summed E-state index contributed by atoms with van der Waals surface area (Å²) >= 11 is 12.4. The highest BCUT2D eigenvalue weighted by Gasteiger charge is 2.28. The summed E-state index contributed by atoms with van der Waals surface area (Å²) in [5.41, 5.74) is 1.08. The number of rotatable bonds is 3. The smallest absolute Gasteiger partial charge is 0.142 e. The Hall–Kier alpha value is -0.480. The van der Waals surface area contributed by atoms with Crippen LogP contribution in [0.25, 0.3) is 0 Å². The van der Waals surface area contributed by atoms with Crippen LogP contribution in [0.1, 0.15) is 37.8 Å². The molecule has 0 aliphatic carbocycles. The summed E-state index contributed by atoms with van der Waals surface area (Å²) in [6.07, 6.45) is 3.19. The molecule has 1 aromatic rings. The molecule has 3 rings (SSSR count). The van der Waals surface area contributed by atoms with E-state index in [0.717, 1.165) is 43.8 Å². The van der Waals surface area contributed by atoms with Crippen molar-refractivity contribution in [2.24, 2.45) is 5.92 Å². The first-order valence-electron chi connectivity index (χ1n) is 7.60. The Kier molecular flexibility index (Phi) is 4.95. The van der Waals surface area contributed by atoms with E-state index in [0.29, 0.717) is 28.6 Å². The molecule has 2 atom stereocenters. The van der Waals surface area contributed by atoms with Crippen LogP contribution >= 0.6 is 23.2 Å². The molecule has 21 heavy (non-hydrogen) atoms. The van der Waals surface area contributed by atoms with E-state index >= 15 is 0 Å². The zero-order valence-corrected chi connectivity index (χ0v) is 13.7. The fraction of sp³-hybridized carbons (Fsp3) is 0.625. The van der Waals surface area contributed by atoms with Gasteiger partial charge in [0.05, 0.1) is 11.6 Å². The van der Waals surface area contributed by atoms with Crippen molar-refractivity contribution in [3.8, 4) is 5.75 Å².